The van der Waals surface area contributed by atoms with Gasteiger partial charge in [-0.1, -0.05) is 11.6 Å². The second-order valence-electron chi connectivity index (χ2n) is 4.52. The van der Waals surface area contributed by atoms with Gasteiger partial charge >= 0.3 is 0 Å². The first-order valence-electron chi connectivity index (χ1n) is 6.27. The molecule has 0 aromatic heterocycles. The van der Waals surface area contributed by atoms with E-state index in [1.807, 2.05) is 0 Å². The minimum atomic E-state index is -1.01. The third-order valence-electron chi connectivity index (χ3n) is 3.30. The van der Waals surface area contributed by atoms with Crippen molar-refractivity contribution in [3.05, 3.63) is 28.3 Å². The third-order valence-corrected chi connectivity index (χ3v) is 3.58. The predicted octanol–water partition coefficient (Wildman–Crippen LogP) is 2.07. The molecule has 0 unspecified atom stereocenters. The summed E-state index contributed by atoms with van der Waals surface area (Å²) in [6, 6.07) is 1.45. The first-order chi connectivity index (χ1) is 9.13. The first kappa shape index (κ1) is 14.5. The minimum Gasteiger partial charge on any atom is -0.492 e. The average Bonchev–Trinajstić information content (AvgIpc) is 2.43. The molecule has 0 amide bonds. The molecule has 1 aliphatic heterocycles. The number of rotatable bonds is 4. The zero-order chi connectivity index (χ0) is 13.8. The topological polar surface area (TPSA) is 24.5 Å². The second-order valence-corrected chi connectivity index (χ2v) is 4.93. The number of ether oxygens (including phenoxy) is 1. The molecule has 3 nitrogen and oxygen atoms in total. The molecule has 6 heteroatoms. The summed E-state index contributed by atoms with van der Waals surface area (Å²) in [6.45, 7) is 4.41. The van der Waals surface area contributed by atoms with Crippen molar-refractivity contribution < 1.29 is 13.5 Å². The van der Waals surface area contributed by atoms with Gasteiger partial charge in [-0.15, -0.1) is 0 Å². The highest BCUT2D eigenvalue weighted by Gasteiger charge is 2.19. The van der Waals surface area contributed by atoms with Gasteiger partial charge < -0.3 is 15.0 Å². The molecule has 1 aromatic carbocycles. The lowest BCUT2D eigenvalue weighted by molar-refractivity contribution is 0.242. The summed E-state index contributed by atoms with van der Waals surface area (Å²) in [5.41, 5.74) is 0.293. The van der Waals surface area contributed by atoms with E-state index < -0.39 is 11.6 Å². The van der Waals surface area contributed by atoms with Gasteiger partial charge in [-0.05, 0) is 18.1 Å². The van der Waals surface area contributed by atoms with Crippen LogP contribution >= 0.6 is 11.6 Å². The maximum atomic E-state index is 13.8. The Hall–Kier alpha value is -0.910. The lowest BCUT2D eigenvalue weighted by atomic mass is 10.1. The van der Waals surface area contributed by atoms with Gasteiger partial charge in [0, 0.05) is 32.7 Å². The Labute approximate surface area is 116 Å². The highest BCUT2D eigenvalue weighted by Crippen LogP contribution is 2.31. The molecule has 1 heterocycles. The summed E-state index contributed by atoms with van der Waals surface area (Å²) in [5.74, 6) is -2.10. The molecule has 0 bridgehead atoms. The monoisotopic (exact) mass is 290 g/mol. The normalized spacial score (nSPS) is 16.6. The molecular formula is C13H17ClF2N2O. The lowest BCUT2D eigenvalue weighted by Crippen LogP contribution is -2.44. The fourth-order valence-electron chi connectivity index (χ4n) is 2.21. The number of benzene rings is 1. The molecule has 1 N–H and O–H groups in total. The van der Waals surface area contributed by atoms with E-state index in [-0.39, 0.29) is 10.8 Å². The van der Waals surface area contributed by atoms with Crippen LogP contribution in [-0.4, -0.2) is 44.7 Å². The van der Waals surface area contributed by atoms with Gasteiger partial charge in [-0.25, -0.2) is 4.39 Å². The molecule has 0 saturated carbocycles. The molecule has 19 heavy (non-hydrogen) atoms. The molecule has 1 fully saturated rings. The van der Waals surface area contributed by atoms with E-state index in [2.05, 4.69) is 10.2 Å². The summed E-state index contributed by atoms with van der Waals surface area (Å²) in [4.78, 5) is 2.21. The molecule has 1 aromatic rings. The predicted molar refractivity (Wildman–Crippen MR) is 70.9 cm³/mol. The van der Waals surface area contributed by atoms with Crippen molar-refractivity contribution in [1.82, 2.24) is 10.2 Å². The van der Waals surface area contributed by atoms with Crippen LogP contribution in [0.25, 0.3) is 0 Å². The molecule has 0 spiro atoms. The van der Waals surface area contributed by atoms with Gasteiger partial charge in [0.15, 0.2) is 11.6 Å². The summed E-state index contributed by atoms with van der Waals surface area (Å²) in [7, 11) is 1.27. The van der Waals surface area contributed by atoms with Gasteiger partial charge in [-0.3, -0.25) is 0 Å². The van der Waals surface area contributed by atoms with Crippen LogP contribution in [0.15, 0.2) is 6.07 Å². The second kappa shape index (κ2) is 6.50. The van der Waals surface area contributed by atoms with E-state index in [1.165, 1.54) is 13.2 Å². The number of methoxy groups -OCH3 is 1. The Kier molecular flexibility index (Phi) is 4.96. The van der Waals surface area contributed by atoms with Crippen molar-refractivity contribution in [3.63, 3.8) is 0 Å². The molecule has 106 valence electrons. The van der Waals surface area contributed by atoms with Crippen LogP contribution < -0.4 is 10.1 Å². The Morgan fingerprint density at radius 3 is 2.63 bits per heavy atom. The Bertz CT molecular complexity index is 451. The summed E-state index contributed by atoms with van der Waals surface area (Å²) >= 11 is 5.87. The first-order valence-corrected chi connectivity index (χ1v) is 6.64. The molecule has 0 aliphatic carbocycles. The largest absolute Gasteiger partial charge is 0.492 e. The van der Waals surface area contributed by atoms with Crippen LogP contribution in [0.3, 0.4) is 0 Å². The fourth-order valence-corrected chi connectivity index (χ4v) is 2.50. The molecule has 0 atom stereocenters. The number of hydrogen-bond acceptors (Lipinski definition) is 3. The zero-order valence-electron chi connectivity index (χ0n) is 10.8. The van der Waals surface area contributed by atoms with Crippen LogP contribution in [0.5, 0.6) is 5.75 Å². The number of piperazine rings is 1. The van der Waals surface area contributed by atoms with Crippen molar-refractivity contribution in [1.29, 1.82) is 0 Å². The fraction of sp³-hybridized carbons (Fsp3) is 0.538. The highest BCUT2D eigenvalue weighted by atomic mass is 35.5. The summed E-state index contributed by atoms with van der Waals surface area (Å²) in [6.07, 6.45) is 0.437. The maximum absolute atomic E-state index is 13.8. The Morgan fingerprint density at radius 1 is 1.32 bits per heavy atom. The minimum absolute atomic E-state index is 0.108. The van der Waals surface area contributed by atoms with Crippen molar-refractivity contribution >= 4 is 11.6 Å². The van der Waals surface area contributed by atoms with E-state index in [0.29, 0.717) is 18.5 Å². The summed E-state index contributed by atoms with van der Waals surface area (Å²) < 4.78 is 32.3. The maximum Gasteiger partial charge on any atom is 0.202 e. The van der Waals surface area contributed by atoms with Gasteiger partial charge in [-0.2, -0.15) is 4.39 Å². The van der Waals surface area contributed by atoms with Gasteiger partial charge in [0.05, 0.1) is 12.1 Å². The van der Waals surface area contributed by atoms with Crippen molar-refractivity contribution in [2.45, 2.75) is 6.42 Å². The summed E-state index contributed by atoms with van der Waals surface area (Å²) in [5, 5.41) is 3.35. The highest BCUT2D eigenvalue weighted by molar-refractivity contribution is 6.32. The number of hydrogen-bond donors (Lipinski definition) is 1. The standard InChI is InChI=1S/C13H17ClF2N2O/c1-19-13-10(14)8-9(11(15)12(13)16)2-5-18-6-3-17-4-7-18/h8,17H,2-7H2,1H3. The van der Waals surface area contributed by atoms with E-state index in [1.54, 1.807) is 0 Å². The van der Waals surface area contributed by atoms with E-state index in [0.717, 1.165) is 26.2 Å². The van der Waals surface area contributed by atoms with Crippen LogP contribution in [0, 0.1) is 11.6 Å². The van der Waals surface area contributed by atoms with Crippen molar-refractivity contribution in [2.24, 2.45) is 0 Å². The van der Waals surface area contributed by atoms with Gasteiger partial charge in [0.2, 0.25) is 5.82 Å². The van der Waals surface area contributed by atoms with E-state index >= 15 is 0 Å². The van der Waals surface area contributed by atoms with E-state index in [4.69, 9.17) is 16.3 Å². The van der Waals surface area contributed by atoms with Crippen LogP contribution in [0.4, 0.5) is 8.78 Å². The number of halogens is 3. The number of nitrogens with one attached hydrogen (secondary N) is 1. The van der Waals surface area contributed by atoms with Crippen LogP contribution in [-0.2, 0) is 6.42 Å². The SMILES string of the molecule is COc1c(Cl)cc(CCN2CCNCC2)c(F)c1F. The molecule has 2 rings (SSSR count). The zero-order valence-corrected chi connectivity index (χ0v) is 11.6. The lowest BCUT2D eigenvalue weighted by Gasteiger charge is -2.27. The van der Waals surface area contributed by atoms with Gasteiger partial charge in [0.1, 0.15) is 0 Å². The quantitative estimate of drug-likeness (QED) is 0.859. The van der Waals surface area contributed by atoms with Crippen LogP contribution in [0.1, 0.15) is 5.56 Å². The average molecular weight is 291 g/mol. The van der Waals surface area contributed by atoms with Crippen LogP contribution in [0.2, 0.25) is 5.02 Å². The smallest absolute Gasteiger partial charge is 0.202 e. The van der Waals surface area contributed by atoms with E-state index in [9.17, 15) is 8.78 Å². The van der Waals surface area contributed by atoms with Crippen molar-refractivity contribution in [2.75, 3.05) is 39.8 Å². The number of nitrogens with zero attached hydrogens (tertiary/aromatic N) is 1. The third kappa shape index (κ3) is 3.35. The Morgan fingerprint density at radius 2 is 2.00 bits per heavy atom. The molecule has 1 aliphatic rings. The molecular weight excluding hydrogens is 274 g/mol. The Balaban J connectivity index is 2.07. The molecule has 1 saturated heterocycles. The van der Waals surface area contributed by atoms with Gasteiger partial charge in [0.25, 0.3) is 0 Å². The molecule has 0 radical (unpaired) electrons. The van der Waals surface area contributed by atoms with Crippen molar-refractivity contribution in [3.8, 4) is 5.75 Å².